The highest BCUT2D eigenvalue weighted by Crippen LogP contribution is 2.08. The zero-order valence-electron chi connectivity index (χ0n) is 13.7. The minimum Gasteiger partial charge on any atom is -0.444 e. The molecule has 0 saturated carbocycles. The summed E-state index contributed by atoms with van der Waals surface area (Å²) < 4.78 is 5.14. The van der Waals surface area contributed by atoms with Crippen molar-refractivity contribution in [2.24, 2.45) is 5.92 Å². The molecule has 0 radical (unpaired) electrons. The number of carbonyl (C=O) groups excluding carboxylic acids is 2. The van der Waals surface area contributed by atoms with Gasteiger partial charge in [-0.1, -0.05) is 19.9 Å². The maximum Gasteiger partial charge on any atom is 0.412 e. The Morgan fingerprint density at radius 1 is 1.24 bits per heavy atom. The van der Waals surface area contributed by atoms with Crippen LogP contribution in [0.5, 0.6) is 0 Å². The van der Waals surface area contributed by atoms with Gasteiger partial charge in [-0.2, -0.15) is 0 Å². The molecule has 0 aliphatic carbocycles. The molecule has 122 valence electrons. The molecule has 0 aliphatic rings. The van der Waals surface area contributed by atoms with Crippen molar-refractivity contribution >= 4 is 12.0 Å². The Balaban J connectivity index is 4.59. The molecule has 0 saturated heterocycles. The van der Waals surface area contributed by atoms with Crippen molar-refractivity contribution in [3.8, 4) is 0 Å². The fraction of sp³-hybridized carbons (Fsp3) is 0.733. The summed E-state index contributed by atoms with van der Waals surface area (Å²) in [6, 6.07) is 0. The van der Waals surface area contributed by atoms with E-state index in [2.05, 4.69) is 10.6 Å². The topological polar surface area (TPSA) is 87.7 Å². The summed E-state index contributed by atoms with van der Waals surface area (Å²) >= 11 is 0. The summed E-state index contributed by atoms with van der Waals surface area (Å²) in [4.78, 5) is 23.8. The molecule has 0 spiro atoms. The summed E-state index contributed by atoms with van der Waals surface area (Å²) in [5.41, 5.74) is -0.437. The average molecular weight is 300 g/mol. The first-order valence-corrected chi connectivity index (χ1v) is 7.26. The van der Waals surface area contributed by atoms with Gasteiger partial charge >= 0.3 is 6.09 Å². The second kappa shape index (κ2) is 9.39. The molecule has 6 nitrogen and oxygen atoms in total. The van der Waals surface area contributed by atoms with Gasteiger partial charge in [-0.3, -0.25) is 10.1 Å². The monoisotopic (exact) mass is 300 g/mol. The summed E-state index contributed by atoms with van der Waals surface area (Å²) in [5.74, 6) is -0.245. The summed E-state index contributed by atoms with van der Waals surface area (Å²) in [6.07, 6.45) is 2.33. The van der Waals surface area contributed by atoms with Gasteiger partial charge in [0.05, 0.1) is 0 Å². The van der Waals surface area contributed by atoms with E-state index >= 15 is 0 Å². The Labute approximate surface area is 126 Å². The molecule has 0 aromatic carbocycles. The van der Waals surface area contributed by atoms with Gasteiger partial charge in [0.15, 0.2) is 0 Å². The molecule has 0 heterocycles. The highest BCUT2D eigenvalue weighted by atomic mass is 16.6. The average Bonchev–Trinajstić information content (AvgIpc) is 2.30. The molecule has 2 amide bonds. The van der Waals surface area contributed by atoms with E-state index in [4.69, 9.17) is 9.84 Å². The van der Waals surface area contributed by atoms with Crippen molar-refractivity contribution < 1.29 is 19.4 Å². The lowest BCUT2D eigenvalue weighted by molar-refractivity contribution is -0.118. The van der Waals surface area contributed by atoms with E-state index < -0.39 is 11.7 Å². The second-order valence-electron chi connectivity index (χ2n) is 6.14. The minimum absolute atomic E-state index is 0.0979. The van der Waals surface area contributed by atoms with Crippen LogP contribution in [0.3, 0.4) is 0 Å². The van der Waals surface area contributed by atoms with E-state index in [1.54, 1.807) is 26.8 Å². The Morgan fingerprint density at radius 3 is 2.33 bits per heavy atom. The fourth-order valence-electron chi connectivity index (χ4n) is 1.45. The third kappa shape index (κ3) is 10.8. The quantitative estimate of drug-likeness (QED) is 0.495. The number of hydrogen-bond acceptors (Lipinski definition) is 4. The summed E-state index contributed by atoms with van der Waals surface area (Å²) in [7, 11) is 0. The van der Waals surface area contributed by atoms with Gasteiger partial charge in [0.1, 0.15) is 11.3 Å². The van der Waals surface area contributed by atoms with Crippen LogP contribution in [0.15, 0.2) is 11.8 Å². The first-order valence-electron chi connectivity index (χ1n) is 7.26. The summed E-state index contributed by atoms with van der Waals surface area (Å²) in [5, 5.41) is 13.9. The molecule has 0 aromatic heterocycles. The van der Waals surface area contributed by atoms with Crippen molar-refractivity contribution in [3.63, 3.8) is 0 Å². The molecule has 21 heavy (non-hydrogen) atoms. The predicted molar refractivity (Wildman–Crippen MR) is 81.6 cm³/mol. The number of alkyl carbamates (subject to hydrolysis) is 1. The van der Waals surface area contributed by atoms with Crippen molar-refractivity contribution in [1.29, 1.82) is 0 Å². The standard InChI is InChI=1S/C15H28N2O4/c1-11(2)10-12(13(19)16-8-6-7-9-18)17-14(20)21-15(3,4)5/h10-11,18H,6-9H2,1-5H3,(H,16,19)(H,17,20)/b12-10+. The van der Waals surface area contributed by atoms with Crippen LogP contribution in [0.1, 0.15) is 47.5 Å². The smallest absolute Gasteiger partial charge is 0.412 e. The Morgan fingerprint density at radius 2 is 1.86 bits per heavy atom. The van der Waals surface area contributed by atoms with E-state index in [0.29, 0.717) is 19.4 Å². The molecule has 6 heteroatoms. The number of nitrogens with one attached hydrogen (secondary N) is 2. The van der Waals surface area contributed by atoms with Crippen LogP contribution in [-0.2, 0) is 9.53 Å². The van der Waals surface area contributed by atoms with Gasteiger partial charge in [-0.05, 0) is 39.5 Å². The molecule has 0 atom stereocenters. The van der Waals surface area contributed by atoms with Crippen molar-refractivity contribution in [2.75, 3.05) is 13.2 Å². The van der Waals surface area contributed by atoms with E-state index in [0.717, 1.165) is 0 Å². The molecular weight excluding hydrogens is 272 g/mol. The van der Waals surface area contributed by atoms with Gasteiger partial charge in [-0.15, -0.1) is 0 Å². The van der Waals surface area contributed by atoms with Gasteiger partial charge in [0.2, 0.25) is 0 Å². The van der Waals surface area contributed by atoms with Crippen LogP contribution < -0.4 is 10.6 Å². The molecule has 0 unspecified atom stereocenters. The number of hydrogen-bond donors (Lipinski definition) is 3. The molecule has 0 bridgehead atoms. The maximum atomic E-state index is 12.0. The zero-order chi connectivity index (χ0) is 16.5. The Kier molecular flexibility index (Phi) is 8.69. The molecule has 0 fully saturated rings. The first kappa shape index (κ1) is 19.4. The van der Waals surface area contributed by atoms with Crippen LogP contribution >= 0.6 is 0 Å². The van der Waals surface area contributed by atoms with Crippen molar-refractivity contribution in [2.45, 2.75) is 53.1 Å². The molecular formula is C15H28N2O4. The van der Waals surface area contributed by atoms with E-state index in [-0.39, 0.29) is 24.1 Å². The number of allylic oxidation sites excluding steroid dienone is 1. The minimum atomic E-state index is -0.653. The normalized spacial score (nSPS) is 12.2. The van der Waals surface area contributed by atoms with Crippen LogP contribution in [0, 0.1) is 5.92 Å². The van der Waals surface area contributed by atoms with Gasteiger partial charge < -0.3 is 15.2 Å². The number of aliphatic hydroxyl groups is 1. The molecule has 3 N–H and O–H groups in total. The Hall–Kier alpha value is -1.56. The fourth-order valence-corrected chi connectivity index (χ4v) is 1.45. The largest absolute Gasteiger partial charge is 0.444 e. The lowest BCUT2D eigenvalue weighted by Gasteiger charge is -2.20. The second-order valence-corrected chi connectivity index (χ2v) is 6.14. The van der Waals surface area contributed by atoms with Gasteiger partial charge in [0.25, 0.3) is 5.91 Å². The van der Waals surface area contributed by atoms with E-state index in [9.17, 15) is 9.59 Å². The number of carbonyl (C=O) groups is 2. The highest BCUT2D eigenvalue weighted by molar-refractivity contribution is 5.96. The number of ether oxygens (including phenoxy) is 1. The third-order valence-electron chi connectivity index (χ3n) is 2.25. The lowest BCUT2D eigenvalue weighted by Crippen LogP contribution is -2.38. The highest BCUT2D eigenvalue weighted by Gasteiger charge is 2.19. The maximum absolute atomic E-state index is 12.0. The van der Waals surface area contributed by atoms with Gasteiger partial charge in [-0.25, -0.2) is 4.79 Å². The van der Waals surface area contributed by atoms with Crippen molar-refractivity contribution in [3.05, 3.63) is 11.8 Å². The molecule has 0 aromatic rings. The number of amides is 2. The van der Waals surface area contributed by atoms with Crippen LogP contribution in [-0.4, -0.2) is 35.9 Å². The zero-order valence-corrected chi connectivity index (χ0v) is 13.7. The lowest BCUT2D eigenvalue weighted by atomic mass is 10.1. The third-order valence-corrected chi connectivity index (χ3v) is 2.25. The predicted octanol–water partition coefficient (Wildman–Crippen LogP) is 1.94. The van der Waals surface area contributed by atoms with Crippen molar-refractivity contribution in [1.82, 2.24) is 10.6 Å². The van der Waals surface area contributed by atoms with Crippen LogP contribution in [0.4, 0.5) is 4.79 Å². The molecule has 0 rings (SSSR count). The van der Waals surface area contributed by atoms with E-state index in [1.165, 1.54) is 0 Å². The Bertz CT molecular complexity index is 370. The van der Waals surface area contributed by atoms with E-state index in [1.807, 2.05) is 13.8 Å². The van der Waals surface area contributed by atoms with Crippen LogP contribution in [0.25, 0.3) is 0 Å². The summed E-state index contributed by atoms with van der Waals surface area (Å²) in [6.45, 7) is 9.64. The number of aliphatic hydroxyl groups excluding tert-OH is 1. The number of rotatable bonds is 7. The molecule has 0 aliphatic heterocycles. The SMILES string of the molecule is CC(C)/C=C(/NC(=O)OC(C)(C)C)C(=O)NCCCCO. The van der Waals surface area contributed by atoms with Crippen LogP contribution in [0.2, 0.25) is 0 Å². The first-order chi connectivity index (χ1) is 9.65. The number of unbranched alkanes of at least 4 members (excludes halogenated alkanes) is 1. The van der Waals surface area contributed by atoms with Gasteiger partial charge in [0, 0.05) is 13.2 Å².